The average Bonchev–Trinajstić information content (AvgIpc) is 3.23. The maximum absolute atomic E-state index is 12.7. The number of hydrogen-bond acceptors (Lipinski definition) is 3. The molecule has 4 heteroatoms. The standard InChI is InChI=1S/C17H21NO3/c1-10-11(2)21-15-13(10)4-3-5-14(15)16(19)18-8-17(20,9-18)12-6-7-12/h3-5,10-12,20H,6-9H2,1-2H3. The number of aliphatic hydroxyl groups is 1. The lowest BCUT2D eigenvalue weighted by Gasteiger charge is -2.47. The molecule has 1 saturated carbocycles. The largest absolute Gasteiger partial charge is 0.489 e. The molecule has 0 aromatic heterocycles. The first-order chi connectivity index (χ1) is 9.99. The third kappa shape index (κ3) is 1.89. The summed E-state index contributed by atoms with van der Waals surface area (Å²) >= 11 is 0. The Kier molecular flexibility index (Phi) is 2.65. The summed E-state index contributed by atoms with van der Waals surface area (Å²) in [6.07, 6.45) is 2.29. The van der Waals surface area contributed by atoms with Crippen LogP contribution >= 0.6 is 0 Å². The summed E-state index contributed by atoms with van der Waals surface area (Å²) in [5.41, 5.74) is 1.13. The van der Waals surface area contributed by atoms with E-state index in [0.717, 1.165) is 24.2 Å². The number of ether oxygens (including phenoxy) is 1. The summed E-state index contributed by atoms with van der Waals surface area (Å²) in [4.78, 5) is 14.4. The highest BCUT2D eigenvalue weighted by Crippen LogP contribution is 2.46. The van der Waals surface area contributed by atoms with Gasteiger partial charge in [-0.05, 0) is 31.7 Å². The normalized spacial score (nSPS) is 29.6. The van der Waals surface area contributed by atoms with E-state index in [2.05, 4.69) is 6.92 Å². The second-order valence-electron chi connectivity index (χ2n) is 6.87. The smallest absolute Gasteiger partial charge is 0.257 e. The second kappa shape index (κ2) is 4.23. The predicted molar refractivity (Wildman–Crippen MR) is 78.5 cm³/mol. The predicted octanol–water partition coefficient (Wildman–Crippen LogP) is 2.17. The maximum atomic E-state index is 12.7. The van der Waals surface area contributed by atoms with Crippen LogP contribution in [0.25, 0.3) is 0 Å². The highest BCUT2D eigenvalue weighted by atomic mass is 16.5. The molecule has 1 aromatic carbocycles. The van der Waals surface area contributed by atoms with Gasteiger partial charge in [-0.3, -0.25) is 4.79 Å². The molecule has 2 unspecified atom stereocenters. The Morgan fingerprint density at radius 1 is 1.33 bits per heavy atom. The van der Waals surface area contributed by atoms with Crippen molar-refractivity contribution >= 4 is 5.91 Å². The topological polar surface area (TPSA) is 49.8 Å². The van der Waals surface area contributed by atoms with Gasteiger partial charge in [-0.1, -0.05) is 19.1 Å². The number of para-hydroxylation sites is 1. The molecule has 1 amide bonds. The van der Waals surface area contributed by atoms with E-state index < -0.39 is 5.60 Å². The van der Waals surface area contributed by atoms with Crippen LogP contribution in [0.2, 0.25) is 0 Å². The molecule has 4 rings (SSSR count). The number of benzene rings is 1. The molecule has 2 fully saturated rings. The number of rotatable bonds is 2. The first-order valence-electron chi connectivity index (χ1n) is 7.81. The minimum absolute atomic E-state index is 0.0153. The van der Waals surface area contributed by atoms with Crippen LogP contribution < -0.4 is 4.74 Å². The lowest BCUT2D eigenvalue weighted by Crippen LogP contribution is -2.64. The fourth-order valence-electron chi connectivity index (χ4n) is 3.56. The summed E-state index contributed by atoms with van der Waals surface area (Å²) in [6.45, 7) is 5.09. The zero-order valence-electron chi connectivity index (χ0n) is 12.5. The number of β-amino-alcohol motifs (C(OH)–C–C–N with tert-alkyl or cyclic N) is 1. The van der Waals surface area contributed by atoms with Gasteiger partial charge >= 0.3 is 0 Å². The number of carbonyl (C=O) groups excluding carboxylic acids is 1. The summed E-state index contributed by atoms with van der Waals surface area (Å²) in [7, 11) is 0. The molecule has 1 aliphatic carbocycles. The molecule has 2 atom stereocenters. The van der Waals surface area contributed by atoms with Crippen LogP contribution in [0.15, 0.2) is 18.2 Å². The van der Waals surface area contributed by atoms with Crippen molar-refractivity contribution in [2.45, 2.75) is 44.3 Å². The molecule has 1 saturated heterocycles. The van der Waals surface area contributed by atoms with Crippen molar-refractivity contribution in [2.75, 3.05) is 13.1 Å². The zero-order chi connectivity index (χ0) is 14.8. The number of carbonyl (C=O) groups is 1. The molecule has 2 aliphatic heterocycles. The average molecular weight is 287 g/mol. The Morgan fingerprint density at radius 2 is 2.05 bits per heavy atom. The van der Waals surface area contributed by atoms with E-state index in [1.165, 1.54) is 0 Å². The molecule has 0 spiro atoms. The third-order valence-corrected chi connectivity index (χ3v) is 5.33. The van der Waals surface area contributed by atoms with E-state index in [4.69, 9.17) is 4.74 Å². The van der Waals surface area contributed by atoms with Gasteiger partial charge in [0.05, 0.1) is 18.7 Å². The molecular formula is C17H21NO3. The van der Waals surface area contributed by atoms with Gasteiger partial charge in [0.25, 0.3) is 5.91 Å². The Balaban J connectivity index is 1.57. The summed E-state index contributed by atoms with van der Waals surface area (Å²) < 4.78 is 5.89. The van der Waals surface area contributed by atoms with Crippen molar-refractivity contribution in [3.63, 3.8) is 0 Å². The van der Waals surface area contributed by atoms with E-state index in [1.807, 2.05) is 25.1 Å². The Labute approximate surface area is 124 Å². The van der Waals surface area contributed by atoms with Crippen molar-refractivity contribution in [1.29, 1.82) is 0 Å². The van der Waals surface area contributed by atoms with Crippen molar-refractivity contribution in [3.05, 3.63) is 29.3 Å². The van der Waals surface area contributed by atoms with E-state index in [9.17, 15) is 9.90 Å². The van der Waals surface area contributed by atoms with E-state index >= 15 is 0 Å². The first-order valence-corrected chi connectivity index (χ1v) is 7.81. The molecule has 1 aromatic rings. The minimum atomic E-state index is -0.630. The quantitative estimate of drug-likeness (QED) is 0.907. The van der Waals surface area contributed by atoms with Crippen molar-refractivity contribution in [2.24, 2.45) is 5.92 Å². The van der Waals surface area contributed by atoms with E-state index in [0.29, 0.717) is 30.5 Å². The number of nitrogens with zero attached hydrogens (tertiary/aromatic N) is 1. The third-order valence-electron chi connectivity index (χ3n) is 5.33. The van der Waals surface area contributed by atoms with Gasteiger partial charge in [0.1, 0.15) is 17.5 Å². The van der Waals surface area contributed by atoms with Crippen LogP contribution in [-0.4, -0.2) is 40.7 Å². The van der Waals surface area contributed by atoms with Gasteiger partial charge in [0, 0.05) is 11.5 Å². The van der Waals surface area contributed by atoms with Crippen LogP contribution in [0.5, 0.6) is 5.75 Å². The minimum Gasteiger partial charge on any atom is -0.489 e. The molecular weight excluding hydrogens is 266 g/mol. The van der Waals surface area contributed by atoms with E-state index in [1.54, 1.807) is 4.90 Å². The van der Waals surface area contributed by atoms with Crippen LogP contribution in [0.4, 0.5) is 0 Å². The summed E-state index contributed by atoms with van der Waals surface area (Å²) in [5.74, 6) is 1.44. The highest BCUT2D eigenvalue weighted by molar-refractivity contribution is 5.98. The molecule has 4 nitrogen and oxygen atoms in total. The zero-order valence-corrected chi connectivity index (χ0v) is 12.5. The Bertz CT molecular complexity index is 602. The van der Waals surface area contributed by atoms with Crippen LogP contribution in [0, 0.1) is 5.92 Å². The van der Waals surface area contributed by atoms with Gasteiger partial charge in [0.2, 0.25) is 0 Å². The van der Waals surface area contributed by atoms with Crippen molar-refractivity contribution < 1.29 is 14.6 Å². The number of amides is 1. The maximum Gasteiger partial charge on any atom is 0.257 e. The fourth-order valence-corrected chi connectivity index (χ4v) is 3.56. The van der Waals surface area contributed by atoms with Gasteiger partial charge in [-0.25, -0.2) is 0 Å². The Morgan fingerprint density at radius 3 is 2.71 bits per heavy atom. The first kappa shape index (κ1) is 13.1. The SMILES string of the molecule is CC1Oc2c(C(=O)N3CC(O)(C4CC4)C3)cccc2C1C. The molecule has 2 heterocycles. The number of hydrogen-bond donors (Lipinski definition) is 1. The summed E-state index contributed by atoms with van der Waals surface area (Å²) in [6, 6.07) is 5.80. The Hall–Kier alpha value is -1.55. The van der Waals surface area contributed by atoms with Crippen molar-refractivity contribution in [3.8, 4) is 5.75 Å². The highest BCUT2D eigenvalue weighted by Gasteiger charge is 2.53. The summed E-state index contributed by atoms with van der Waals surface area (Å²) in [5, 5.41) is 10.4. The lowest BCUT2D eigenvalue weighted by atomic mass is 9.88. The molecule has 112 valence electrons. The van der Waals surface area contributed by atoms with Crippen LogP contribution in [-0.2, 0) is 0 Å². The molecule has 0 radical (unpaired) electrons. The molecule has 1 N–H and O–H groups in total. The number of likely N-dealkylation sites (tertiary alicyclic amines) is 1. The van der Waals surface area contributed by atoms with Gasteiger partial charge in [-0.2, -0.15) is 0 Å². The molecule has 0 bridgehead atoms. The van der Waals surface area contributed by atoms with Crippen LogP contribution in [0.1, 0.15) is 48.5 Å². The van der Waals surface area contributed by atoms with Crippen molar-refractivity contribution in [1.82, 2.24) is 4.90 Å². The van der Waals surface area contributed by atoms with Gasteiger partial charge in [0.15, 0.2) is 0 Å². The fraction of sp³-hybridized carbons (Fsp3) is 0.588. The number of fused-ring (bicyclic) bond motifs is 1. The van der Waals surface area contributed by atoms with Gasteiger partial charge in [-0.15, -0.1) is 0 Å². The van der Waals surface area contributed by atoms with E-state index in [-0.39, 0.29) is 12.0 Å². The molecule has 21 heavy (non-hydrogen) atoms. The lowest BCUT2D eigenvalue weighted by molar-refractivity contribution is -0.0958. The monoisotopic (exact) mass is 287 g/mol. The van der Waals surface area contributed by atoms with Crippen LogP contribution in [0.3, 0.4) is 0 Å². The molecule has 3 aliphatic rings. The second-order valence-corrected chi connectivity index (χ2v) is 6.87. The van der Waals surface area contributed by atoms with Gasteiger partial charge < -0.3 is 14.7 Å².